The number of aryl methyl sites for hydroxylation is 2. The number of hydrogen-bond acceptors (Lipinski definition) is 2. The van der Waals surface area contributed by atoms with Crippen molar-refractivity contribution in [1.29, 1.82) is 0 Å². The maximum Gasteiger partial charge on any atom is 0.126 e. The summed E-state index contributed by atoms with van der Waals surface area (Å²) >= 11 is 0. The highest BCUT2D eigenvalue weighted by Crippen LogP contribution is 2.33. The molecule has 0 atom stereocenters. The van der Waals surface area contributed by atoms with Crippen LogP contribution in [0.5, 0.6) is 0 Å². The van der Waals surface area contributed by atoms with Gasteiger partial charge in [0.05, 0.1) is 6.20 Å². The molecule has 0 bridgehead atoms. The first-order valence-electron chi connectivity index (χ1n) is 5.39. The van der Waals surface area contributed by atoms with Crippen molar-refractivity contribution in [1.82, 2.24) is 10.2 Å². The van der Waals surface area contributed by atoms with E-state index in [2.05, 4.69) is 44.0 Å². The molecule has 0 aliphatic carbocycles. The van der Waals surface area contributed by atoms with Gasteiger partial charge in [0.2, 0.25) is 0 Å². The van der Waals surface area contributed by atoms with Gasteiger partial charge in [0.1, 0.15) is 5.82 Å². The van der Waals surface area contributed by atoms with Crippen LogP contribution in [0.1, 0.15) is 22.3 Å². The molecule has 1 aromatic carbocycles. The fraction of sp³-hybridized carbons (Fsp3) is 0.308. The van der Waals surface area contributed by atoms with Crippen LogP contribution in [0.2, 0.25) is 0 Å². The third kappa shape index (κ3) is 1.48. The van der Waals surface area contributed by atoms with Gasteiger partial charge in [0.15, 0.2) is 0 Å². The molecule has 3 nitrogen and oxygen atoms in total. The number of nitrogens with two attached hydrogens (primary N) is 1. The summed E-state index contributed by atoms with van der Waals surface area (Å²) in [5.41, 5.74) is 13.2. The lowest BCUT2D eigenvalue weighted by atomic mass is 9.91. The van der Waals surface area contributed by atoms with Crippen LogP contribution in [-0.4, -0.2) is 10.2 Å². The summed E-state index contributed by atoms with van der Waals surface area (Å²) in [5, 5.41) is 6.78. The second-order valence-electron chi connectivity index (χ2n) is 4.33. The van der Waals surface area contributed by atoms with Crippen molar-refractivity contribution in [2.45, 2.75) is 27.7 Å². The molecule has 3 heteroatoms. The van der Waals surface area contributed by atoms with Crippen LogP contribution in [0.15, 0.2) is 12.3 Å². The average molecular weight is 215 g/mol. The maximum atomic E-state index is 5.89. The van der Waals surface area contributed by atoms with Gasteiger partial charge in [-0.25, -0.2) is 0 Å². The fourth-order valence-electron chi connectivity index (χ4n) is 2.12. The molecule has 1 aromatic heterocycles. The normalized spacial score (nSPS) is 10.8. The predicted molar refractivity (Wildman–Crippen MR) is 67.4 cm³/mol. The lowest BCUT2D eigenvalue weighted by Crippen LogP contribution is -1.96. The van der Waals surface area contributed by atoms with Crippen LogP contribution in [-0.2, 0) is 0 Å². The third-order valence-corrected chi connectivity index (χ3v) is 3.30. The van der Waals surface area contributed by atoms with Gasteiger partial charge in [-0.1, -0.05) is 6.07 Å². The second-order valence-corrected chi connectivity index (χ2v) is 4.33. The van der Waals surface area contributed by atoms with Crippen LogP contribution < -0.4 is 5.73 Å². The summed E-state index contributed by atoms with van der Waals surface area (Å²) in [4.78, 5) is 0. The number of nitrogens with zero attached hydrogens (tertiary/aromatic N) is 1. The zero-order valence-corrected chi connectivity index (χ0v) is 10.2. The minimum absolute atomic E-state index is 0.635. The molecule has 1 heterocycles. The number of aromatic nitrogens is 2. The van der Waals surface area contributed by atoms with E-state index in [9.17, 15) is 0 Å². The summed E-state index contributed by atoms with van der Waals surface area (Å²) < 4.78 is 0. The zero-order valence-electron chi connectivity index (χ0n) is 10.2. The van der Waals surface area contributed by atoms with Gasteiger partial charge in [-0.3, -0.25) is 5.10 Å². The Morgan fingerprint density at radius 3 is 2.06 bits per heavy atom. The average Bonchev–Trinajstić information content (AvgIpc) is 2.63. The Labute approximate surface area is 95.7 Å². The molecule has 0 unspecified atom stereocenters. The Kier molecular flexibility index (Phi) is 2.46. The van der Waals surface area contributed by atoms with Gasteiger partial charge in [-0.05, 0) is 55.5 Å². The molecule has 0 fully saturated rings. The Morgan fingerprint density at radius 1 is 1.06 bits per heavy atom. The van der Waals surface area contributed by atoms with Gasteiger partial charge < -0.3 is 5.73 Å². The molecule has 0 saturated heterocycles. The monoisotopic (exact) mass is 215 g/mol. The van der Waals surface area contributed by atoms with Crippen molar-refractivity contribution in [3.63, 3.8) is 0 Å². The molecular formula is C13H17N3. The lowest BCUT2D eigenvalue weighted by molar-refractivity contribution is 1.10. The van der Waals surface area contributed by atoms with Gasteiger partial charge in [0.25, 0.3) is 0 Å². The number of nitrogen functional groups attached to an aromatic ring is 1. The Morgan fingerprint density at radius 2 is 1.62 bits per heavy atom. The number of H-pyrrole nitrogens is 1. The van der Waals surface area contributed by atoms with Crippen molar-refractivity contribution < 1.29 is 0 Å². The molecular weight excluding hydrogens is 198 g/mol. The van der Waals surface area contributed by atoms with E-state index in [4.69, 9.17) is 5.73 Å². The molecule has 2 aromatic rings. The van der Waals surface area contributed by atoms with E-state index in [0.717, 1.165) is 5.56 Å². The van der Waals surface area contributed by atoms with Crippen molar-refractivity contribution in [2.24, 2.45) is 0 Å². The first kappa shape index (κ1) is 10.7. The first-order valence-corrected chi connectivity index (χ1v) is 5.39. The number of rotatable bonds is 1. The smallest absolute Gasteiger partial charge is 0.126 e. The topological polar surface area (TPSA) is 54.7 Å². The van der Waals surface area contributed by atoms with Crippen molar-refractivity contribution >= 4 is 5.82 Å². The molecule has 0 radical (unpaired) electrons. The van der Waals surface area contributed by atoms with Crippen molar-refractivity contribution in [3.8, 4) is 11.1 Å². The Hall–Kier alpha value is -1.77. The molecule has 2 rings (SSSR count). The summed E-state index contributed by atoms with van der Waals surface area (Å²) in [7, 11) is 0. The molecule has 3 N–H and O–H groups in total. The third-order valence-electron chi connectivity index (χ3n) is 3.30. The zero-order chi connectivity index (χ0) is 11.9. The van der Waals surface area contributed by atoms with Gasteiger partial charge in [0, 0.05) is 5.56 Å². The second kappa shape index (κ2) is 3.67. The Bertz CT molecular complexity index is 512. The molecule has 0 aliphatic heterocycles. The van der Waals surface area contributed by atoms with Crippen LogP contribution in [0.3, 0.4) is 0 Å². The maximum absolute atomic E-state index is 5.89. The molecule has 0 aliphatic rings. The van der Waals surface area contributed by atoms with E-state index < -0.39 is 0 Å². The number of anilines is 1. The molecule has 0 saturated carbocycles. The van der Waals surface area contributed by atoms with Crippen molar-refractivity contribution in [3.05, 3.63) is 34.5 Å². The van der Waals surface area contributed by atoms with E-state index in [0.29, 0.717) is 5.82 Å². The largest absolute Gasteiger partial charge is 0.384 e. The Balaban J connectivity index is 2.79. The van der Waals surface area contributed by atoms with Crippen LogP contribution in [0.25, 0.3) is 11.1 Å². The van der Waals surface area contributed by atoms with Gasteiger partial charge >= 0.3 is 0 Å². The number of aromatic amines is 1. The summed E-state index contributed by atoms with van der Waals surface area (Å²) in [6, 6.07) is 2.21. The number of benzene rings is 1. The highest BCUT2D eigenvalue weighted by molar-refractivity contribution is 5.79. The predicted octanol–water partition coefficient (Wildman–Crippen LogP) is 2.89. The minimum Gasteiger partial charge on any atom is -0.384 e. The molecule has 0 spiro atoms. The summed E-state index contributed by atoms with van der Waals surface area (Å²) in [6.07, 6.45) is 1.80. The van der Waals surface area contributed by atoms with Crippen LogP contribution >= 0.6 is 0 Å². The number of nitrogens with one attached hydrogen (secondary N) is 1. The van der Waals surface area contributed by atoms with Crippen LogP contribution in [0, 0.1) is 27.7 Å². The van der Waals surface area contributed by atoms with E-state index in [1.807, 2.05) is 0 Å². The van der Waals surface area contributed by atoms with Crippen molar-refractivity contribution in [2.75, 3.05) is 5.73 Å². The summed E-state index contributed by atoms with van der Waals surface area (Å²) in [6.45, 7) is 8.51. The first-order chi connectivity index (χ1) is 7.52. The molecule has 0 amide bonds. The van der Waals surface area contributed by atoms with Gasteiger partial charge in [-0.2, -0.15) is 5.10 Å². The highest BCUT2D eigenvalue weighted by atomic mass is 15.1. The minimum atomic E-state index is 0.635. The molecule has 84 valence electrons. The standard InChI is InChI=1S/C13H17N3/c1-7-5-8(2)10(4)12(9(7)3)11-6-15-16-13(11)14/h5-6H,1-4H3,(H3,14,15,16). The lowest BCUT2D eigenvalue weighted by Gasteiger charge is -2.14. The van der Waals surface area contributed by atoms with E-state index >= 15 is 0 Å². The number of hydrogen-bond donors (Lipinski definition) is 2. The SMILES string of the molecule is Cc1cc(C)c(C)c(-c2cn[nH]c2N)c1C. The quantitative estimate of drug-likeness (QED) is 0.768. The fourth-order valence-corrected chi connectivity index (χ4v) is 2.12. The molecule has 16 heavy (non-hydrogen) atoms. The van der Waals surface area contributed by atoms with E-state index in [1.165, 1.54) is 27.8 Å². The van der Waals surface area contributed by atoms with Crippen LogP contribution in [0.4, 0.5) is 5.82 Å². The summed E-state index contributed by atoms with van der Waals surface area (Å²) in [5.74, 6) is 0.635. The van der Waals surface area contributed by atoms with E-state index in [1.54, 1.807) is 6.20 Å². The van der Waals surface area contributed by atoms with Gasteiger partial charge in [-0.15, -0.1) is 0 Å². The highest BCUT2D eigenvalue weighted by Gasteiger charge is 2.13. The van der Waals surface area contributed by atoms with E-state index in [-0.39, 0.29) is 0 Å².